The third-order valence-electron chi connectivity index (χ3n) is 4.12. The van der Waals surface area contributed by atoms with E-state index in [2.05, 4.69) is 10.6 Å². The first-order valence-electron chi connectivity index (χ1n) is 8.87. The normalized spacial score (nSPS) is 11.8. The molecule has 1 heterocycles. The summed E-state index contributed by atoms with van der Waals surface area (Å²) in [5.74, 6) is 0.161. The summed E-state index contributed by atoms with van der Waals surface area (Å²) in [4.78, 5) is 24.6. The van der Waals surface area contributed by atoms with Gasteiger partial charge < -0.3 is 19.8 Å². The van der Waals surface area contributed by atoms with E-state index < -0.39 is 11.9 Å². The highest BCUT2D eigenvalue weighted by atomic mass is 16.5. The topological polar surface area (TPSA) is 80.6 Å². The van der Waals surface area contributed by atoms with Crippen molar-refractivity contribution >= 4 is 22.8 Å². The number of carbonyl (C=O) groups excluding carboxylic acids is 2. The molecule has 3 aromatic rings. The maximum Gasteiger partial charge on any atom is 0.288 e. The maximum absolute atomic E-state index is 12.7. The second-order valence-corrected chi connectivity index (χ2v) is 6.10. The fraction of sp³-hybridized carbons (Fsp3) is 0.238. The van der Waals surface area contributed by atoms with E-state index in [1.807, 2.05) is 55.5 Å². The van der Waals surface area contributed by atoms with Gasteiger partial charge in [0.25, 0.3) is 5.91 Å². The fourth-order valence-corrected chi connectivity index (χ4v) is 2.75. The van der Waals surface area contributed by atoms with E-state index >= 15 is 0 Å². The molecule has 0 aliphatic carbocycles. The summed E-state index contributed by atoms with van der Waals surface area (Å²) in [5, 5.41) is 6.17. The third-order valence-corrected chi connectivity index (χ3v) is 4.12. The van der Waals surface area contributed by atoms with Gasteiger partial charge in [0.15, 0.2) is 5.76 Å². The zero-order valence-electron chi connectivity index (χ0n) is 15.3. The SMILES string of the molecule is CCNC(=O)C(C)NC(=O)c1oc2ccccc2c1COc1ccccc1. The van der Waals surface area contributed by atoms with Crippen molar-refractivity contribution in [2.75, 3.05) is 6.54 Å². The maximum atomic E-state index is 12.7. The van der Waals surface area contributed by atoms with Gasteiger partial charge in [-0.3, -0.25) is 9.59 Å². The van der Waals surface area contributed by atoms with Gasteiger partial charge in [-0.2, -0.15) is 0 Å². The van der Waals surface area contributed by atoms with Crippen molar-refractivity contribution in [1.29, 1.82) is 0 Å². The lowest BCUT2D eigenvalue weighted by molar-refractivity contribution is -0.122. The third kappa shape index (κ3) is 4.28. The largest absolute Gasteiger partial charge is 0.489 e. The Bertz CT molecular complexity index is 934. The standard InChI is InChI=1S/C21H22N2O4/c1-3-22-20(24)14(2)23-21(25)19-17(13-26-15-9-5-4-6-10-15)16-11-7-8-12-18(16)27-19/h4-12,14H,3,13H2,1-2H3,(H,22,24)(H,23,25). The number of carbonyl (C=O) groups is 2. The highest BCUT2D eigenvalue weighted by Gasteiger charge is 2.24. The average Bonchev–Trinajstić information content (AvgIpc) is 3.06. The first-order chi connectivity index (χ1) is 13.1. The van der Waals surface area contributed by atoms with Crippen LogP contribution in [0.5, 0.6) is 5.75 Å². The highest BCUT2D eigenvalue weighted by molar-refractivity contribution is 6.00. The smallest absolute Gasteiger partial charge is 0.288 e. The molecule has 0 fully saturated rings. The summed E-state index contributed by atoms with van der Waals surface area (Å²) in [6.07, 6.45) is 0. The number of hydrogen-bond donors (Lipinski definition) is 2. The molecule has 0 bridgehead atoms. The molecule has 6 heteroatoms. The lowest BCUT2D eigenvalue weighted by Crippen LogP contribution is -2.44. The van der Waals surface area contributed by atoms with E-state index in [0.717, 1.165) is 5.39 Å². The summed E-state index contributed by atoms with van der Waals surface area (Å²) >= 11 is 0. The Morgan fingerprint density at radius 3 is 2.52 bits per heavy atom. The monoisotopic (exact) mass is 366 g/mol. The van der Waals surface area contributed by atoms with Crippen LogP contribution in [0.15, 0.2) is 59.0 Å². The molecule has 2 N–H and O–H groups in total. The van der Waals surface area contributed by atoms with Crippen LogP contribution >= 0.6 is 0 Å². The summed E-state index contributed by atoms with van der Waals surface area (Å²) in [6.45, 7) is 4.13. The van der Waals surface area contributed by atoms with Gasteiger partial charge in [0.05, 0.1) is 0 Å². The molecule has 0 aliphatic heterocycles. The van der Waals surface area contributed by atoms with Crippen molar-refractivity contribution in [3.63, 3.8) is 0 Å². The van der Waals surface area contributed by atoms with Crippen LogP contribution in [0.25, 0.3) is 11.0 Å². The van der Waals surface area contributed by atoms with Crippen LogP contribution in [0.1, 0.15) is 30.0 Å². The zero-order valence-corrected chi connectivity index (χ0v) is 15.3. The number of furan rings is 1. The van der Waals surface area contributed by atoms with Crippen molar-refractivity contribution in [2.45, 2.75) is 26.5 Å². The van der Waals surface area contributed by atoms with Crippen LogP contribution in [-0.2, 0) is 11.4 Å². The Balaban J connectivity index is 1.85. The van der Waals surface area contributed by atoms with Crippen LogP contribution in [0.3, 0.4) is 0 Å². The molecule has 0 radical (unpaired) electrons. The quantitative estimate of drug-likeness (QED) is 0.672. The number of nitrogens with one attached hydrogen (secondary N) is 2. The van der Waals surface area contributed by atoms with Crippen molar-refractivity contribution in [3.05, 3.63) is 65.9 Å². The highest BCUT2D eigenvalue weighted by Crippen LogP contribution is 2.27. The summed E-state index contributed by atoms with van der Waals surface area (Å²) in [7, 11) is 0. The van der Waals surface area contributed by atoms with Gasteiger partial charge in [-0.05, 0) is 32.0 Å². The van der Waals surface area contributed by atoms with E-state index in [1.165, 1.54) is 0 Å². The van der Waals surface area contributed by atoms with E-state index in [1.54, 1.807) is 13.0 Å². The minimum Gasteiger partial charge on any atom is -0.489 e. The molecule has 0 saturated carbocycles. The van der Waals surface area contributed by atoms with Gasteiger partial charge in [0.1, 0.15) is 24.0 Å². The molecular formula is C21H22N2O4. The molecule has 2 amide bonds. The fourth-order valence-electron chi connectivity index (χ4n) is 2.75. The number of fused-ring (bicyclic) bond motifs is 1. The molecule has 6 nitrogen and oxygen atoms in total. The second kappa shape index (κ2) is 8.40. The zero-order chi connectivity index (χ0) is 19.2. The Hall–Kier alpha value is -3.28. The molecule has 1 unspecified atom stereocenters. The molecule has 1 aromatic heterocycles. The van der Waals surface area contributed by atoms with Crippen molar-refractivity contribution < 1.29 is 18.7 Å². The first-order valence-corrected chi connectivity index (χ1v) is 8.87. The van der Waals surface area contributed by atoms with Gasteiger partial charge >= 0.3 is 0 Å². The lowest BCUT2D eigenvalue weighted by Gasteiger charge is -2.13. The number of benzene rings is 2. The van der Waals surface area contributed by atoms with Gasteiger partial charge in [-0.1, -0.05) is 36.4 Å². The van der Waals surface area contributed by atoms with Crippen LogP contribution < -0.4 is 15.4 Å². The van der Waals surface area contributed by atoms with E-state index in [4.69, 9.17) is 9.15 Å². The number of hydrogen-bond acceptors (Lipinski definition) is 4. The molecular weight excluding hydrogens is 344 g/mol. The Morgan fingerprint density at radius 1 is 1.07 bits per heavy atom. The molecule has 1 atom stereocenters. The van der Waals surface area contributed by atoms with Crippen LogP contribution in [-0.4, -0.2) is 24.4 Å². The minimum absolute atomic E-state index is 0.156. The van der Waals surface area contributed by atoms with Gasteiger partial charge in [-0.15, -0.1) is 0 Å². The van der Waals surface area contributed by atoms with Crippen molar-refractivity contribution in [2.24, 2.45) is 0 Å². The van der Waals surface area contributed by atoms with Gasteiger partial charge in [-0.25, -0.2) is 0 Å². The molecule has 2 aromatic carbocycles. The molecule has 0 spiro atoms. The molecule has 27 heavy (non-hydrogen) atoms. The molecule has 3 rings (SSSR count). The predicted octanol–water partition coefficient (Wildman–Crippen LogP) is 3.27. The number of ether oxygens (including phenoxy) is 1. The van der Waals surface area contributed by atoms with E-state index in [-0.39, 0.29) is 18.3 Å². The van der Waals surface area contributed by atoms with Gasteiger partial charge in [0.2, 0.25) is 5.91 Å². The van der Waals surface area contributed by atoms with Crippen LogP contribution in [0, 0.1) is 0 Å². The summed E-state index contributed by atoms with van der Waals surface area (Å²) < 4.78 is 11.6. The average molecular weight is 366 g/mol. The molecule has 0 saturated heterocycles. The van der Waals surface area contributed by atoms with Crippen molar-refractivity contribution in [3.8, 4) is 5.75 Å². The number of rotatable bonds is 7. The van der Waals surface area contributed by atoms with Crippen LogP contribution in [0.4, 0.5) is 0 Å². The second-order valence-electron chi connectivity index (χ2n) is 6.10. The predicted molar refractivity (Wildman–Crippen MR) is 103 cm³/mol. The number of para-hydroxylation sites is 2. The van der Waals surface area contributed by atoms with Crippen LogP contribution in [0.2, 0.25) is 0 Å². The van der Waals surface area contributed by atoms with E-state index in [9.17, 15) is 9.59 Å². The number of amides is 2. The molecule has 0 aliphatic rings. The first kappa shape index (κ1) is 18.5. The van der Waals surface area contributed by atoms with Crippen molar-refractivity contribution in [1.82, 2.24) is 10.6 Å². The lowest BCUT2D eigenvalue weighted by atomic mass is 10.1. The Morgan fingerprint density at radius 2 is 1.78 bits per heavy atom. The molecule has 140 valence electrons. The number of likely N-dealkylation sites (N-methyl/N-ethyl adjacent to an activating group) is 1. The van der Waals surface area contributed by atoms with Gasteiger partial charge in [0, 0.05) is 17.5 Å². The minimum atomic E-state index is -0.673. The Kier molecular flexibility index (Phi) is 5.76. The summed E-state index contributed by atoms with van der Waals surface area (Å²) in [5.41, 5.74) is 1.25. The van der Waals surface area contributed by atoms with E-state index in [0.29, 0.717) is 23.4 Å². The summed E-state index contributed by atoms with van der Waals surface area (Å²) in [6, 6.07) is 16.1. The Labute approximate surface area is 157 Å².